The largest absolute Gasteiger partial charge is 0.481 e. The van der Waals surface area contributed by atoms with Gasteiger partial charge in [-0.2, -0.15) is 0 Å². The second-order valence-corrected chi connectivity index (χ2v) is 3.68. The standard InChI is InChI=1S/C10H14N2O2/c1-7-6-12-4-3-8(7)10(2,11)5-9(13)14/h3-4,6H,5,11H2,1-2H3,(H,13,14)/t10-/m0/s1. The Kier molecular flexibility index (Phi) is 2.86. The Balaban J connectivity index is 3.03. The minimum Gasteiger partial charge on any atom is -0.481 e. The number of pyridine rings is 1. The average molecular weight is 194 g/mol. The van der Waals surface area contributed by atoms with E-state index in [9.17, 15) is 4.79 Å². The maximum Gasteiger partial charge on any atom is 0.305 e. The molecular formula is C10H14N2O2. The predicted octanol–water partition coefficient (Wildman–Crippen LogP) is 1.04. The topological polar surface area (TPSA) is 76.2 Å². The lowest BCUT2D eigenvalue weighted by molar-refractivity contribution is -0.138. The first-order chi connectivity index (χ1) is 6.43. The number of aromatic nitrogens is 1. The van der Waals surface area contributed by atoms with Gasteiger partial charge in [0.2, 0.25) is 0 Å². The van der Waals surface area contributed by atoms with Crippen LogP contribution >= 0.6 is 0 Å². The molecule has 0 saturated carbocycles. The highest BCUT2D eigenvalue weighted by Gasteiger charge is 2.25. The summed E-state index contributed by atoms with van der Waals surface area (Å²) in [5.74, 6) is -0.897. The maximum absolute atomic E-state index is 10.6. The number of hydrogen-bond acceptors (Lipinski definition) is 3. The SMILES string of the molecule is Cc1cnccc1[C@@](C)(N)CC(=O)O. The van der Waals surface area contributed by atoms with Crippen LogP contribution in [-0.4, -0.2) is 16.1 Å². The summed E-state index contributed by atoms with van der Waals surface area (Å²) in [6.45, 7) is 3.58. The van der Waals surface area contributed by atoms with Crippen molar-refractivity contribution in [3.8, 4) is 0 Å². The second kappa shape index (κ2) is 3.75. The normalized spacial score (nSPS) is 14.8. The molecule has 0 fully saturated rings. The summed E-state index contributed by atoms with van der Waals surface area (Å²) in [6, 6.07) is 1.76. The number of aryl methyl sites for hydroxylation is 1. The monoisotopic (exact) mass is 194 g/mol. The highest BCUT2D eigenvalue weighted by molar-refractivity contribution is 5.68. The third-order valence-electron chi connectivity index (χ3n) is 2.15. The molecular weight excluding hydrogens is 180 g/mol. The van der Waals surface area contributed by atoms with Crippen LogP contribution in [0.2, 0.25) is 0 Å². The Morgan fingerprint density at radius 1 is 1.71 bits per heavy atom. The van der Waals surface area contributed by atoms with E-state index >= 15 is 0 Å². The fourth-order valence-corrected chi connectivity index (χ4v) is 1.52. The van der Waals surface area contributed by atoms with Crippen molar-refractivity contribution in [1.29, 1.82) is 0 Å². The van der Waals surface area contributed by atoms with Gasteiger partial charge in [-0.3, -0.25) is 9.78 Å². The van der Waals surface area contributed by atoms with E-state index in [0.29, 0.717) is 0 Å². The summed E-state index contributed by atoms with van der Waals surface area (Å²) >= 11 is 0. The van der Waals surface area contributed by atoms with Crippen molar-refractivity contribution >= 4 is 5.97 Å². The van der Waals surface area contributed by atoms with E-state index in [1.807, 2.05) is 6.92 Å². The molecule has 0 bridgehead atoms. The summed E-state index contributed by atoms with van der Waals surface area (Å²) in [7, 11) is 0. The van der Waals surface area contributed by atoms with Crippen molar-refractivity contribution in [2.45, 2.75) is 25.8 Å². The fraction of sp³-hybridized carbons (Fsp3) is 0.400. The van der Waals surface area contributed by atoms with Gasteiger partial charge in [-0.15, -0.1) is 0 Å². The molecule has 1 rings (SSSR count). The molecule has 76 valence electrons. The van der Waals surface area contributed by atoms with E-state index in [-0.39, 0.29) is 6.42 Å². The molecule has 1 aromatic rings. The molecule has 0 aliphatic carbocycles. The van der Waals surface area contributed by atoms with E-state index in [0.717, 1.165) is 11.1 Å². The average Bonchev–Trinajstić information content (AvgIpc) is 2.02. The van der Waals surface area contributed by atoms with Gasteiger partial charge in [0.1, 0.15) is 0 Å². The molecule has 14 heavy (non-hydrogen) atoms. The number of aliphatic carboxylic acids is 1. The van der Waals surface area contributed by atoms with Crippen molar-refractivity contribution in [3.63, 3.8) is 0 Å². The van der Waals surface area contributed by atoms with E-state index in [1.54, 1.807) is 25.4 Å². The van der Waals surface area contributed by atoms with Crippen molar-refractivity contribution in [1.82, 2.24) is 4.98 Å². The van der Waals surface area contributed by atoms with Gasteiger partial charge in [0.05, 0.1) is 6.42 Å². The van der Waals surface area contributed by atoms with Gasteiger partial charge in [0.15, 0.2) is 0 Å². The molecule has 0 unspecified atom stereocenters. The van der Waals surface area contributed by atoms with Crippen LogP contribution in [0.5, 0.6) is 0 Å². The Hall–Kier alpha value is -1.42. The zero-order valence-corrected chi connectivity index (χ0v) is 8.32. The number of nitrogens with two attached hydrogens (primary N) is 1. The molecule has 3 N–H and O–H groups in total. The first-order valence-corrected chi connectivity index (χ1v) is 4.35. The Labute approximate surface area is 82.8 Å². The minimum atomic E-state index is -0.897. The van der Waals surface area contributed by atoms with Crippen LogP contribution in [0.25, 0.3) is 0 Å². The molecule has 0 saturated heterocycles. The Morgan fingerprint density at radius 2 is 2.36 bits per heavy atom. The summed E-state index contributed by atoms with van der Waals surface area (Å²) in [5.41, 5.74) is 6.84. The van der Waals surface area contributed by atoms with Crippen LogP contribution in [0.15, 0.2) is 18.5 Å². The summed E-state index contributed by atoms with van der Waals surface area (Å²) in [6.07, 6.45) is 3.22. The van der Waals surface area contributed by atoms with Crippen molar-refractivity contribution in [2.75, 3.05) is 0 Å². The number of carbonyl (C=O) groups is 1. The highest BCUT2D eigenvalue weighted by Crippen LogP contribution is 2.23. The van der Waals surface area contributed by atoms with Crippen LogP contribution in [0, 0.1) is 6.92 Å². The van der Waals surface area contributed by atoms with Gasteiger partial charge < -0.3 is 10.8 Å². The third kappa shape index (κ3) is 2.29. The van der Waals surface area contributed by atoms with Crippen LogP contribution < -0.4 is 5.73 Å². The molecule has 0 amide bonds. The van der Waals surface area contributed by atoms with E-state index in [2.05, 4.69) is 4.98 Å². The van der Waals surface area contributed by atoms with Crippen molar-refractivity contribution in [3.05, 3.63) is 29.6 Å². The lowest BCUT2D eigenvalue weighted by atomic mass is 9.88. The molecule has 0 aromatic carbocycles. The summed E-state index contributed by atoms with van der Waals surface area (Å²) in [4.78, 5) is 14.5. The molecule has 0 radical (unpaired) electrons. The van der Waals surface area contributed by atoms with E-state index in [1.165, 1.54) is 0 Å². The number of hydrogen-bond donors (Lipinski definition) is 2. The molecule has 0 aliphatic rings. The van der Waals surface area contributed by atoms with Gasteiger partial charge in [-0.25, -0.2) is 0 Å². The lowest BCUT2D eigenvalue weighted by Crippen LogP contribution is -2.36. The zero-order chi connectivity index (χ0) is 10.8. The van der Waals surface area contributed by atoms with Crippen molar-refractivity contribution in [2.24, 2.45) is 5.73 Å². The Morgan fingerprint density at radius 3 is 2.86 bits per heavy atom. The predicted molar refractivity (Wildman–Crippen MR) is 52.8 cm³/mol. The molecule has 4 heteroatoms. The number of carboxylic acid groups (broad SMARTS) is 1. The number of rotatable bonds is 3. The number of nitrogens with zero attached hydrogens (tertiary/aromatic N) is 1. The Bertz CT molecular complexity index is 348. The smallest absolute Gasteiger partial charge is 0.305 e. The van der Waals surface area contributed by atoms with Crippen LogP contribution in [0.1, 0.15) is 24.5 Å². The maximum atomic E-state index is 10.6. The first kappa shape index (κ1) is 10.7. The summed E-state index contributed by atoms with van der Waals surface area (Å²) in [5, 5.41) is 8.71. The van der Waals surface area contributed by atoms with Crippen LogP contribution in [0.3, 0.4) is 0 Å². The molecule has 0 spiro atoms. The van der Waals surface area contributed by atoms with E-state index < -0.39 is 11.5 Å². The quantitative estimate of drug-likeness (QED) is 0.753. The molecule has 1 aromatic heterocycles. The van der Waals surface area contributed by atoms with Crippen molar-refractivity contribution < 1.29 is 9.90 Å². The zero-order valence-electron chi connectivity index (χ0n) is 8.32. The molecule has 0 aliphatic heterocycles. The highest BCUT2D eigenvalue weighted by atomic mass is 16.4. The van der Waals surface area contributed by atoms with Gasteiger partial charge in [-0.05, 0) is 31.0 Å². The second-order valence-electron chi connectivity index (χ2n) is 3.68. The van der Waals surface area contributed by atoms with Crippen LogP contribution in [0.4, 0.5) is 0 Å². The molecule has 1 atom stereocenters. The third-order valence-corrected chi connectivity index (χ3v) is 2.15. The molecule has 4 nitrogen and oxygen atoms in total. The number of carboxylic acids is 1. The minimum absolute atomic E-state index is 0.0855. The fourth-order valence-electron chi connectivity index (χ4n) is 1.52. The van der Waals surface area contributed by atoms with Gasteiger partial charge in [-0.1, -0.05) is 0 Å². The first-order valence-electron chi connectivity index (χ1n) is 4.35. The lowest BCUT2D eigenvalue weighted by Gasteiger charge is -2.24. The van der Waals surface area contributed by atoms with Gasteiger partial charge in [0, 0.05) is 17.9 Å². The summed E-state index contributed by atoms with van der Waals surface area (Å²) < 4.78 is 0. The van der Waals surface area contributed by atoms with Crippen LogP contribution in [-0.2, 0) is 10.3 Å². The van der Waals surface area contributed by atoms with E-state index in [4.69, 9.17) is 10.8 Å². The van der Waals surface area contributed by atoms with Gasteiger partial charge in [0.25, 0.3) is 0 Å². The molecule has 1 heterocycles. The van der Waals surface area contributed by atoms with Gasteiger partial charge >= 0.3 is 5.97 Å².